The average Bonchev–Trinajstić information content (AvgIpc) is 2.73. The summed E-state index contributed by atoms with van der Waals surface area (Å²) in [5, 5.41) is 0. The molecule has 1 heterocycles. The number of carbonyl (C=O) groups excluding carboxylic acids is 1. The predicted octanol–water partition coefficient (Wildman–Crippen LogP) is 4.16. The van der Waals surface area contributed by atoms with Gasteiger partial charge in [0, 0.05) is 38.2 Å². The first-order valence-electron chi connectivity index (χ1n) is 8.76. The van der Waals surface area contributed by atoms with Crippen LogP contribution in [0.25, 0.3) is 0 Å². The zero-order valence-corrected chi connectivity index (χ0v) is 15.2. The molecule has 0 aliphatic carbocycles. The molecule has 2 aromatic carbocycles. The van der Waals surface area contributed by atoms with Crippen LogP contribution in [-0.4, -0.2) is 36.1 Å². The molecule has 1 amide bonds. The lowest BCUT2D eigenvalue weighted by Gasteiger charge is -2.22. The fourth-order valence-corrected chi connectivity index (χ4v) is 2.64. The van der Waals surface area contributed by atoms with Gasteiger partial charge in [0.1, 0.15) is 11.5 Å². The van der Waals surface area contributed by atoms with Crippen LogP contribution in [0.1, 0.15) is 15.9 Å². The maximum Gasteiger partial charge on any atom is 0.254 e. The van der Waals surface area contributed by atoms with Gasteiger partial charge in [0.25, 0.3) is 5.91 Å². The van der Waals surface area contributed by atoms with Crippen molar-refractivity contribution >= 4 is 5.91 Å². The van der Waals surface area contributed by atoms with Gasteiger partial charge in [-0.2, -0.15) is 0 Å². The Balaban J connectivity index is 1.70. The number of hydrogen-bond donors (Lipinski definition) is 0. The van der Waals surface area contributed by atoms with Gasteiger partial charge in [-0.25, -0.2) is 0 Å². The van der Waals surface area contributed by atoms with Crippen molar-refractivity contribution in [2.45, 2.75) is 6.54 Å². The van der Waals surface area contributed by atoms with Crippen molar-refractivity contribution < 1.29 is 14.3 Å². The number of carbonyl (C=O) groups is 1. The highest BCUT2D eigenvalue weighted by Gasteiger charge is 2.16. The van der Waals surface area contributed by atoms with Crippen LogP contribution in [0.15, 0.2) is 79.1 Å². The maximum atomic E-state index is 12.9. The third-order valence-corrected chi connectivity index (χ3v) is 4.06. The molecule has 3 rings (SSSR count). The highest BCUT2D eigenvalue weighted by molar-refractivity contribution is 5.94. The summed E-state index contributed by atoms with van der Waals surface area (Å²) in [7, 11) is 1.63. The number of para-hydroxylation sites is 1. The summed E-state index contributed by atoms with van der Waals surface area (Å²) in [5.74, 6) is 1.40. The Bertz CT molecular complexity index is 836. The third kappa shape index (κ3) is 5.39. The lowest BCUT2D eigenvalue weighted by atomic mass is 10.1. The van der Waals surface area contributed by atoms with E-state index in [4.69, 9.17) is 9.47 Å². The molecule has 0 saturated heterocycles. The smallest absolute Gasteiger partial charge is 0.254 e. The van der Waals surface area contributed by atoms with Crippen molar-refractivity contribution in [3.05, 3.63) is 90.3 Å². The normalized spacial score (nSPS) is 10.4. The van der Waals surface area contributed by atoms with Crippen LogP contribution < -0.4 is 4.74 Å². The molecule has 0 aliphatic rings. The second-order valence-electron chi connectivity index (χ2n) is 6.01. The molecule has 5 heteroatoms. The quantitative estimate of drug-likeness (QED) is 0.604. The Labute approximate surface area is 159 Å². The first-order valence-corrected chi connectivity index (χ1v) is 8.76. The molecule has 0 aliphatic heterocycles. The fourth-order valence-electron chi connectivity index (χ4n) is 2.64. The van der Waals surface area contributed by atoms with Crippen molar-refractivity contribution in [3.63, 3.8) is 0 Å². The molecule has 0 radical (unpaired) electrons. The Kier molecular flexibility index (Phi) is 6.55. The number of benzene rings is 2. The van der Waals surface area contributed by atoms with E-state index in [0.717, 1.165) is 11.3 Å². The number of pyridine rings is 1. The zero-order valence-electron chi connectivity index (χ0n) is 15.2. The first-order chi connectivity index (χ1) is 13.3. The Morgan fingerprint density at radius 2 is 1.59 bits per heavy atom. The molecule has 5 nitrogen and oxygen atoms in total. The van der Waals surface area contributed by atoms with Crippen molar-refractivity contribution in [1.82, 2.24) is 9.88 Å². The minimum Gasteiger partial charge on any atom is -0.457 e. The first kappa shape index (κ1) is 18.6. The van der Waals surface area contributed by atoms with Crippen LogP contribution in [0.4, 0.5) is 0 Å². The summed E-state index contributed by atoms with van der Waals surface area (Å²) in [6.07, 6.45) is 3.45. The van der Waals surface area contributed by atoms with Crippen molar-refractivity contribution in [1.29, 1.82) is 0 Å². The van der Waals surface area contributed by atoms with Gasteiger partial charge in [0.05, 0.1) is 6.61 Å². The lowest BCUT2D eigenvalue weighted by molar-refractivity contribution is 0.0680. The summed E-state index contributed by atoms with van der Waals surface area (Å²) in [6.45, 7) is 1.50. The standard InChI is InChI=1S/C22H22N2O3/c1-26-16-15-24(17-18-11-13-23-14-12-18)22(25)19-7-9-21(10-8-19)27-20-5-3-2-4-6-20/h2-14H,15-17H2,1H3. The lowest BCUT2D eigenvalue weighted by Crippen LogP contribution is -2.33. The topological polar surface area (TPSA) is 51.7 Å². The summed E-state index contributed by atoms with van der Waals surface area (Å²) in [5.41, 5.74) is 1.64. The largest absolute Gasteiger partial charge is 0.457 e. The molecule has 138 valence electrons. The Morgan fingerprint density at radius 1 is 0.926 bits per heavy atom. The van der Waals surface area contributed by atoms with E-state index in [0.29, 0.717) is 31.0 Å². The van der Waals surface area contributed by atoms with Crippen molar-refractivity contribution in [3.8, 4) is 11.5 Å². The molecule has 0 bridgehead atoms. The van der Waals surface area contributed by atoms with Gasteiger partial charge in [-0.15, -0.1) is 0 Å². The maximum absolute atomic E-state index is 12.9. The number of rotatable bonds is 8. The molecular formula is C22H22N2O3. The molecular weight excluding hydrogens is 340 g/mol. The highest BCUT2D eigenvalue weighted by atomic mass is 16.5. The van der Waals surface area contributed by atoms with Crippen molar-refractivity contribution in [2.24, 2.45) is 0 Å². The van der Waals surface area contributed by atoms with Crippen LogP contribution in [0.3, 0.4) is 0 Å². The molecule has 0 N–H and O–H groups in total. The second kappa shape index (κ2) is 9.50. The van der Waals surface area contributed by atoms with Crippen LogP contribution >= 0.6 is 0 Å². The monoisotopic (exact) mass is 362 g/mol. The summed E-state index contributed by atoms with van der Waals surface area (Å²) in [4.78, 5) is 18.7. The third-order valence-electron chi connectivity index (χ3n) is 4.06. The molecule has 0 saturated carbocycles. The van der Waals surface area contributed by atoms with E-state index in [1.54, 1.807) is 48.7 Å². The van der Waals surface area contributed by atoms with E-state index >= 15 is 0 Å². The molecule has 27 heavy (non-hydrogen) atoms. The zero-order chi connectivity index (χ0) is 18.9. The number of amides is 1. The van der Waals surface area contributed by atoms with E-state index in [1.165, 1.54) is 0 Å². The molecule has 1 aromatic heterocycles. The number of nitrogens with zero attached hydrogens (tertiary/aromatic N) is 2. The predicted molar refractivity (Wildman–Crippen MR) is 104 cm³/mol. The van der Waals surface area contributed by atoms with E-state index in [2.05, 4.69) is 4.98 Å². The Morgan fingerprint density at radius 3 is 2.26 bits per heavy atom. The van der Waals surface area contributed by atoms with Gasteiger partial charge in [-0.05, 0) is 54.1 Å². The van der Waals surface area contributed by atoms with Gasteiger partial charge in [-0.3, -0.25) is 9.78 Å². The van der Waals surface area contributed by atoms with Crippen LogP contribution in [0.2, 0.25) is 0 Å². The fraction of sp³-hybridized carbons (Fsp3) is 0.182. The van der Waals surface area contributed by atoms with Crippen LogP contribution in [0, 0.1) is 0 Å². The summed E-state index contributed by atoms with van der Waals surface area (Å²) in [6, 6.07) is 20.5. The second-order valence-corrected chi connectivity index (χ2v) is 6.01. The van der Waals surface area contributed by atoms with E-state index in [-0.39, 0.29) is 5.91 Å². The molecule has 0 atom stereocenters. The number of methoxy groups -OCH3 is 1. The van der Waals surface area contributed by atoms with Gasteiger partial charge in [-0.1, -0.05) is 18.2 Å². The van der Waals surface area contributed by atoms with E-state index in [1.807, 2.05) is 42.5 Å². The SMILES string of the molecule is COCCN(Cc1ccncc1)C(=O)c1ccc(Oc2ccccc2)cc1. The number of ether oxygens (including phenoxy) is 2. The summed E-state index contributed by atoms with van der Waals surface area (Å²) >= 11 is 0. The molecule has 0 spiro atoms. The van der Waals surface area contributed by atoms with Gasteiger partial charge in [0.15, 0.2) is 0 Å². The molecule has 3 aromatic rings. The van der Waals surface area contributed by atoms with Crippen LogP contribution in [-0.2, 0) is 11.3 Å². The van der Waals surface area contributed by atoms with Gasteiger partial charge in [0.2, 0.25) is 0 Å². The van der Waals surface area contributed by atoms with Crippen molar-refractivity contribution in [2.75, 3.05) is 20.3 Å². The molecule has 0 unspecified atom stereocenters. The summed E-state index contributed by atoms with van der Waals surface area (Å²) < 4.78 is 10.9. The van der Waals surface area contributed by atoms with Gasteiger partial charge >= 0.3 is 0 Å². The average molecular weight is 362 g/mol. The Hall–Kier alpha value is -3.18. The highest BCUT2D eigenvalue weighted by Crippen LogP contribution is 2.22. The molecule has 0 fully saturated rings. The van der Waals surface area contributed by atoms with Crippen LogP contribution in [0.5, 0.6) is 11.5 Å². The number of aromatic nitrogens is 1. The minimum atomic E-state index is -0.0462. The van der Waals surface area contributed by atoms with Gasteiger partial charge < -0.3 is 14.4 Å². The minimum absolute atomic E-state index is 0.0462. The number of hydrogen-bond acceptors (Lipinski definition) is 4. The van der Waals surface area contributed by atoms with E-state index in [9.17, 15) is 4.79 Å². The van der Waals surface area contributed by atoms with E-state index < -0.39 is 0 Å².